The van der Waals surface area contributed by atoms with Crippen molar-refractivity contribution in [1.29, 1.82) is 0 Å². The molecule has 0 saturated heterocycles. The van der Waals surface area contributed by atoms with E-state index in [1.807, 2.05) is 24.3 Å². The fourth-order valence-corrected chi connectivity index (χ4v) is 2.39. The molecule has 22 heavy (non-hydrogen) atoms. The van der Waals surface area contributed by atoms with Gasteiger partial charge < -0.3 is 20.1 Å². The van der Waals surface area contributed by atoms with E-state index in [2.05, 4.69) is 26.6 Å². The van der Waals surface area contributed by atoms with Gasteiger partial charge in [-0.3, -0.25) is 0 Å². The van der Waals surface area contributed by atoms with Crippen LogP contribution in [0.3, 0.4) is 0 Å². The van der Waals surface area contributed by atoms with Crippen LogP contribution in [0.1, 0.15) is 5.56 Å². The number of nitrogens with one attached hydrogen (secondary N) is 2. The topological polar surface area (TPSA) is 59.6 Å². The lowest BCUT2D eigenvalue weighted by Gasteiger charge is -2.08. The van der Waals surface area contributed by atoms with Gasteiger partial charge in [0, 0.05) is 22.8 Å². The van der Waals surface area contributed by atoms with Gasteiger partial charge in [0.15, 0.2) is 11.5 Å². The molecule has 114 valence electrons. The molecule has 6 heteroatoms. The first-order valence-electron chi connectivity index (χ1n) is 6.90. The molecule has 2 N–H and O–H groups in total. The summed E-state index contributed by atoms with van der Waals surface area (Å²) in [6, 6.07) is 13.1. The molecule has 0 spiro atoms. The molecule has 0 aliphatic carbocycles. The molecule has 5 nitrogen and oxygen atoms in total. The molecule has 0 atom stereocenters. The highest BCUT2D eigenvalue weighted by Gasteiger charge is 2.13. The third-order valence-corrected chi connectivity index (χ3v) is 3.77. The maximum absolute atomic E-state index is 11.9. The summed E-state index contributed by atoms with van der Waals surface area (Å²) in [5.41, 5.74) is 1.84. The van der Waals surface area contributed by atoms with Crippen molar-refractivity contribution in [1.82, 2.24) is 5.32 Å². The van der Waals surface area contributed by atoms with E-state index in [0.29, 0.717) is 23.7 Å². The Labute approximate surface area is 136 Å². The molecule has 0 radical (unpaired) electrons. The zero-order valence-electron chi connectivity index (χ0n) is 11.8. The number of amides is 2. The van der Waals surface area contributed by atoms with Gasteiger partial charge in [-0.25, -0.2) is 4.79 Å². The largest absolute Gasteiger partial charge is 0.454 e. The lowest BCUT2D eigenvalue weighted by molar-refractivity contribution is 0.174. The van der Waals surface area contributed by atoms with E-state index in [1.54, 1.807) is 18.2 Å². The summed E-state index contributed by atoms with van der Waals surface area (Å²) in [5.74, 6) is 1.34. The fourth-order valence-electron chi connectivity index (χ4n) is 2.12. The molecule has 0 saturated carbocycles. The molecular formula is C16H15BrN2O3. The highest BCUT2D eigenvalue weighted by atomic mass is 79.9. The molecule has 0 bridgehead atoms. The number of fused-ring (bicyclic) bond motifs is 1. The van der Waals surface area contributed by atoms with Gasteiger partial charge in [0.25, 0.3) is 0 Å². The molecule has 0 unspecified atom stereocenters. The van der Waals surface area contributed by atoms with Crippen LogP contribution >= 0.6 is 15.9 Å². The van der Waals surface area contributed by atoms with Gasteiger partial charge in [0.1, 0.15) is 0 Å². The lowest BCUT2D eigenvalue weighted by Crippen LogP contribution is -2.30. The van der Waals surface area contributed by atoms with E-state index in [4.69, 9.17) is 9.47 Å². The van der Waals surface area contributed by atoms with E-state index in [0.717, 1.165) is 10.9 Å². The summed E-state index contributed by atoms with van der Waals surface area (Å²) in [6.45, 7) is 0.788. The van der Waals surface area contributed by atoms with Gasteiger partial charge in [-0.15, -0.1) is 0 Å². The van der Waals surface area contributed by atoms with Crippen LogP contribution in [-0.4, -0.2) is 19.4 Å². The third kappa shape index (κ3) is 3.71. The second kappa shape index (κ2) is 6.70. The van der Waals surface area contributed by atoms with Crippen LogP contribution < -0.4 is 20.1 Å². The number of anilines is 1. The van der Waals surface area contributed by atoms with Gasteiger partial charge in [-0.05, 0) is 36.2 Å². The van der Waals surface area contributed by atoms with Crippen molar-refractivity contribution in [3.63, 3.8) is 0 Å². The summed E-state index contributed by atoms with van der Waals surface area (Å²) in [6.07, 6.45) is 0.780. The summed E-state index contributed by atoms with van der Waals surface area (Å²) < 4.78 is 11.5. The molecular weight excluding hydrogens is 348 g/mol. The predicted molar refractivity (Wildman–Crippen MR) is 87.4 cm³/mol. The van der Waals surface area contributed by atoms with Crippen LogP contribution in [0.2, 0.25) is 0 Å². The average Bonchev–Trinajstić information content (AvgIpc) is 2.97. The second-order valence-electron chi connectivity index (χ2n) is 4.83. The van der Waals surface area contributed by atoms with Crippen LogP contribution in [0.15, 0.2) is 46.9 Å². The Morgan fingerprint density at radius 3 is 2.68 bits per heavy atom. The number of carbonyl (C=O) groups excluding carboxylic acids is 1. The number of urea groups is 1. The fraction of sp³-hybridized carbons (Fsp3) is 0.188. The van der Waals surface area contributed by atoms with Crippen molar-refractivity contribution >= 4 is 27.6 Å². The molecule has 1 aliphatic heterocycles. The highest BCUT2D eigenvalue weighted by Crippen LogP contribution is 2.34. The van der Waals surface area contributed by atoms with Crippen LogP contribution in [0, 0.1) is 0 Å². The first kappa shape index (κ1) is 14.7. The standard InChI is InChI=1S/C16H15BrN2O3/c17-12-3-1-11(2-4-12)7-8-18-16(20)19-13-5-6-14-15(9-13)22-10-21-14/h1-6,9H,7-8,10H2,(H2,18,19,20). The normalized spacial score (nSPS) is 12.0. The third-order valence-electron chi connectivity index (χ3n) is 3.24. The van der Waals surface area contributed by atoms with E-state index in [9.17, 15) is 4.79 Å². The van der Waals surface area contributed by atoms with Crippen LogP contribution in [-0.2, 0) is 6.42 Å². The van der Waals surface area contributed by atoms with Crippen LogP contribution in [0.5, 0.6) is 11.5 Å². The average molecular weight is 363 g/mol. The Morgan fingerprint density at radius 1 is 1.09 bits per heavy atom. The van der Waals surface area contributed by atoms with E-state index < -0.39 is 0 Å². The summed E-state index contributed by atoms with van der Waals surface area (Å²) >= 11 is 3.40. The van der Waals surface area contributed by atoms with E-state index in [1.165, 1.54) is 5.56 Å². The number of benzene rings is 2. The van der Waals surface area contributed by atoms with Crippen LogP contribution in [0.25, 0.3) is 0 Å². The molecule has 1 aliphatic rings. The zero-order chi connectivity index (χ0) is 15.4. The SMILES string of the molecule is O=C(NCCc1ccc(Br)cc1)Nc1ccc2c(c1)OCO2. The second-order valence-corrected chi connectivity index (χ2v) is 5.74. The number of rotatable bonds is 4. The maximum atomic E-state index is 11.9. The Balaban J connectivity index is 1.47. The van der Waals surface area contributed by atoms with E-state index >= 15 is 0 Å². The van der Waals surface area contributed by atoms with Crippen LogP contribution in [0.4, 0.5) is 10.5 Å². The molecule has 2 aromatic rings. The van der Waals surface area contributed by atoms with Crippen molar-refractivity contribution in [2.24, 2.45) is 0 Å². The molecule has 3 rings (SSSR count). The number of hydrogen-bond acceptors (Lipinski definition) is 3. The lowest BCUT2D eigenvalue weighted by atomic mass is 10.1. The summed E-state index contributed by atoms with van der Waals surface area (Å²) in [4.78, 5) is 11.9. The number of carbonyl (C=O) groups is 1. The van der Waals surface area contributed by atoms with E-state index in [-0.39, 0.29) is 12.8 Å². The van der Waals surface area contributed by atoms with Crippen molar-refractivity contribution in [3.8, 4) is 11.5 Å². The van der Waals surface area contributed by atoms with Gasteiger partial charge in [0.2, 0.25) is 6.79 Å². The highest BCUT2D eigenvalue weighted by molar-refractivity contribution is 9.10. The number of ether oxygens (including phenoxy) is 2. The Kier molecular flexibility index (Phi) is 4.48. The van der Waals surface area contributed by atoms with Gasteiger partial charge in [-0.2, -0.15) is 0 Å². The Morgan fingerprint density at radius 2 is 1.86 bits per heavy atom. The van der Waals surface area contributed by atoms with Gasteiger partial charge in [-0.1, -0.05) is 28.1 Å². The van der Waals surface area contributed by atoms with Gasteiger partial charge in [0.05, 0.1) is 0 Å². The Hall–Kier alpha value is -2.21. The molecule has 2 aromatic carbocycles. The number of hydrogen-bond donors (Lipinski definition) is 2. The minimum absolute atomic E-state index is 0.220. The number of halogens is 1. The minimum Gasteiger partial charge on any atom is -0.454 e. The minimum atomic E-state index is -0.240. The predicted octanol–water partition coefficient (Wildman–Crippen LogP) is 3.54. The molecule has 0 aromatic heterocycles. The van der Waals surface area contributed by atoms with Crippen molar-refractivity contribution in [2.75, 3.05) is 18.7 Å². The monoisotopic (exact) mass is 362 g/mol. The molecule has 1 heterocycles. The Bertz CT molecular complexity index is 674. The molecule has 2 amide bonds. The van der Waals surface area contributed by atoms with Gasteiger partial charge >= 0.3 is 6.03 Å². The molecule has 0 fully saturated rings. The summed E-state index contributed by atoms with van der Waals surface area (Å²) in [5, 5.41) is 5.60. The first-order valence-corrected chi connectivity index (χ1v) is 7.69. The summed E-state index contributed by atoms with van der Waals surface area (Å²) in [7, 11) is 0. The first-order chi connectivity index (χ1) is 10.7. The zero-order valence-corrected chi connectivity index (χ0v) is 13.4. The van der Waals surface area contributed by atoms with Crippen molar-refractivity contribution < 1.29 is 14.3 Å². The van der Waals surface area contributed by atoms with Crippen molar-refractivity contribution in [3.05, 3.63) is 52.5 Å². The smallest absolute Gasteiger partial charge is 0.319 e. The maximum Gasteiger partial charge on any atom is 0.319 e. The quantitative estimate of drug-likeness (QED) is 0.874. The van der Waals surface area contributed by atoms with Crippen molar-refractivity contribution in [2.45, 2.75) is 6.42 Å².